The molecule has 0 aromatic carbocycles. The smallest absolute Gasteiger partial charge is 0.246 e. The SMILES string of the molecule is C=CC(=O)N(CC)CC(=O)N1CCC(c2ncco2)CC1. The molecule has 2 rings (SSSR count). The highest BCUT2D eigenvalue weighted by molar-refractivity contribution is 5.90. The number of rotatable bonds is 5. The van der Waals surface area contributed by atoms with Crippen LogP contribution in [0.25, 0.3) is 0 Å². The second-order valence-corrected chi connectivity index (χ2v) is 5.08. The highest BCUT2D eigenvalue weighted by atomic mass is 16.3. The van der Waals surface area contributed by atoms with E-state index >= 15 is 0 Å². The number of likely N-dealkylation sites (tertiary alicyclic amines) is 1. The second-order valence-electron chi connectivity index (χ2n) is 5.08. The van der Waals surface area contributed by atoms with E-state index in [9.17, 15) is 9.59 Å². The van der Waals surface area contributed by atoms with E-state index in [-0.39, 0.29) is 24.3 Å². The highest BCUT2D eigenvalue weighted by Gasteiger charge is 2.27. The molecule has 6 heteroatoms. The molecule has 0 saturated carbocycles. The molecule has 2 heterocycles. The van der Waals surface area contributed by atoms with Crippen LogP contribution in [0.2, 0.25) is 0 Å². The zero-order chi connectivity index (χ0) is 15.2. The minimum Gasteiger partial charge on any atom is -0.449 e. The summed E-state index contributed by atoms with van der Waals surface area (Å²) in [6, 6.07) is 0. The van der Waals surface area contributed by atoms with Crippen molar-refractivity contribution in [1.82, 2.24) is 14.8 Å². The topological polar surface area (TPSA) is 66.7 Å². The molecule has 0 spiro atoms. The molecule has 1 aromatic rings. The van der Waals surface area contributed by atoms with Crippen LogP contribution < -0.4 is 0 Å². The van der Waals surface area contributed by atoms with Crippen LogP contribution in [0.5, 0.6) is 0 Å². The molecule has 1 fully saturated rings. The van der Waals surface area contributed by atoms with E-state index < -0.39 is 0 Å². The van der Waals surface area contributed by atoms with Crippen LogP contribution in [0.1, 0.15) is 31.6 Å². The lowest BCUT2D eigenvalue weighted by molar-refractivity contribution is -0.138. The Balaban J connectivity index is 1.85. The van der Waals surface area contributed by atoms with Gasteiger partial charge in [-0.05, 0) is 25.8 Å². The molecule has 0 N–H and O–H groups in total. The lowest BCUT2D eigenvalue weighted by atomic mass is 9.97. The van der Waals surface area contributed by atoms with Gasteiger partial charge in [-0.1, -0.05) is 6.58 Å². The van der Waals surface area contributed by atoms with Crippen molar-refractivity contribution in [3.63, 3.8) is 0 Å². The van der Waals surface area contributed by atoms with Crippen molar-refractivity contribution in [2.75, 3.05) is 26.2 Å². The molecule has 0 bridgehead atoms. The van der Waals surface area contributed by atoms with Gasteiger partial charge in [-0.25, -0.2) is 4.98 Å². The van der Waals surface area contributed by atoms with Crippen LogP contribution in [0.3, 0.4) is 0 Å². The molecule has 2 amide bonds. The van der Waals surface area contributed by atoms with E-state index in [1.54, 1.807) is 17.4 Å². The van der Waals surface area contributed by atoms with Crippen molar-refractivity contribution >= 4 is 11.8 Å². The van der Waals surface area contributed by atoms with Crippen molar-refractivity contribution in [3.05, 3.63) is 31.0 Å². The zero-order valence-electron chi connectivity index (χ0n) is 12.3. The summed E-state index contributed by atoms with van der Waals surface area (Å²) in [4.78, 5) is 31.3. The minimum absolute atomic E-state index is 0.0158. The van der Waals surface area contributed by atoms with Gasteiger partial charge in [0.1, 0.15) is 6.26 Å². The highest BCUT2D eigenvalue weighted by Crippen LogP contribution is 2.26. The molecule has 1 aliphatic rings. The van der Waals surface area contributed by atoms with Crippen molar-refractivity contribution in [1.29, 1.82) is 0 Å². The van der Waals surface area contributed by atoms with Gasteiger partial charge >= 0.3 is 0 Å². The largest absolute Gasteiger partial charge is 0.449 e. The van der Waals surface area contributed by atoms with Crippen LogP contribution in [-0.4, -0.2) is 52.8 Å². The van der Waals surface area contributed by atoms with Gasteiger partial charge < -0.3 is 14.2 Å². The predicted molar refractivity (Wildman–Crippen MR) is 77.5 cm³/mol. The van der Waals surface area contributed by atoms with E-state index in [0.717, 1.165) is 18.7 Å². The van der Waals surface area contributed by atoms with Crippen LogP contribution in [0.4, 0.5) is 0 Å². The summed E-state index contributed by atoms with van der Waals surface area (Å²) in [6.07, 6.45) is 6.15. The fraction of sp³-hybridized carbons (Fsp3) is 0.533. The normalized spacial score (nSPS) is 15.8. The van der Waals surface area contributed by atoms with Gasteiger partial charge in [0.15, 0.2) is 5.89 Å². The van der Waals surface area contributed by atoms with Gasteiger partial charge in [0.25, 0.3) is 0 Å². The Morgan fingerprint density at radius 3 is 2.76 bits per heavy atom. The number of piperidine rings is 1. The predicted octanol–water partition coefficient (Wildman–Crippen LogP) is 1.42. The molecule has 0 atom stereocenters. The van der Waals surface area contributed by atoms with E-state index in [2.05, 4.69) is 11.6 Å². The number of oxazole rings is 1. The Labute approximate surface area is 124 Å². The van der Waals surface area contributed by atoms with Gasteiger partial charge in [0.05, 0.1) is 12.7 Å². The van der Waals surface area contributed by atoms with Gasteiger partial charge in [-0.2, -0.15) is 0 Å². The number of hydrogen-bond donors (Lipinski definition) is 0. The Morgan fingerprint density at radius 2 is 2.24 bits per heavy atom. The summed E-state index contributed by atoms with van der Waals surface area (Å²) in [6.45, 7) is 7.27. The van der Waals surface area contributed by atoms with Crippen molar-refractivity contribution in [3.8, 4) is 0 Å². The molecule has 1 aliphatic heterocycles. The van der Waals surface area contributed by atoms with Crippen LogP contribution >= 0.6 is 0 Å². The average molecular weight is 291 g/mol. The van der Waals surface area contributed by atoms with Crippen molar-refractivity contribution in [2.45, 2.75) is 25.7 Å². The number of likely N-dealkylation sites (N-methyl/N-ethyl adjacent to an activating group) is 1. The first-order valence-corrected chi connectivity index (χ1v) is 7.24. The summed E-state index contributed by atoms with van der Waals surface area (Å²) in [5.74, 6) is 0.804. The first kappa shape index (κ1) is 15.3. The molecule has 21 heavy (non-hydrogen) atoms. The lowest BCUT2D eigenvalue weighted by Crippen LogP contribution is -2.45. The van der Waals surface area contributed by atoms with E-state index in [0.29, 0.717) is 19.6 Å². The van der Waals surface area contributed by atoms with Gasteiger partial charge in [-0.3, -0.25) is 9.59 Å². The Morgan fingerprint density at radius 1 is 1.52 bits per heavy atom. The Hall–Kier alpha value is -2.11. The van der Waals surface area contributed by atoms with Gasteiger partial charge in [-0.15, -0.1) is 0 Å². The quantitative estimate of drug-likeness (QED) is 0.769. The first-order chi connectivity index (χ1) is 10.2. The van der Waals surface area contributed by atoms with E-state index in [1.807, 2.05) is 6.92 Å². The maximum Gasteiger partial charge on any atom is 0.246 e. The van der Waals surface area contributed by atoms with E-state index in [4.69, 9.17) is 4.42 Å². The standard InChI is InChI=1S/C15H21N3O3/c1-3-13(19)17(4-2)11-14(20)18-8-5-12(6-9-18)15-16-7-10-21-15/h3,7,10,12H,1,4-6,8-9,11H2,2H3. The third kappa shape index (κ3) is 3.71. The zero-order valence-corrected chi connectivity index (χ0v) is 12.3. The number of aromatic nitrogens is 1. The molecule has 6 nitrogen and oxygen atoms in total. The van der Waals surface area contributed by atoms with Crippen molar-refractivity contribution < 1.29 is 14.0 Å². The Bertz CT molecular complexity index is 490. The van der Waals surface area contributed by atoms with Gasteiger partial charge in [0, 0.05) is 25.6 Å². The number of amides is 2. The van der Waals surface area contributed by atoms with E-state index in [1.165, 1.54) is 11.0 Å². The average Bonchev–Trinajstić information content (AvgIpc) is 3.06. The van der Waals surface area contributed by atoms with Gasteiger partial charge in [0.2, 0.25) is 11.8 Å². The summed E-state index contributed by atoms with van der Waals surface area (Å²) >= 11 is 0. The number of carbonyl (C=O) groups excluding carboxylic acids is 2. The second kappa shape index (κ2) is 7.06. The molecular weight excluding hydrogens is 270 g/mol. The summed E-state index contributed by atoms with van der Waals surface area (Å²) in [5.41, 5.74) is 0. The third-order valence-corrected chi connectivity index (χ3v) is 3.84. The molecule has 1 aromatic heterocycles. The Kier molecular flexibility index (Phi) is 5.14. The van der Waals surface area contributed by atoms with Crippen LogP contribution in [-0.2, 0) is 9.59 Å². The summed E-state index contributed by atoms with van der Waals surface area (Å²) in [5, 5.41) is 0. The third-order valence-electron chi connectivity index (χ3n) is 3.84. The fourth-order valence-corrected chi connectivity index (χ4v) is 2.55. The summed E-state index contributed by atoms with van der Waals surface area (Å²) < 4.78 is 5.32. The number of nitrogens with zero attached hydrogens (tertiary/aromatic N) is 3. The molecule has 1 saturated heterocycles. The maximum atomic E-state index is 12.2. The molecule has 0 radical (unpaired) electrons. The van der Waals surface area contributed by atoms with Crippen molar-refractivity contribution in [2.24, 2.45) is 0 Å². The fourth-order valence-electron chi connectivity index (χ4n) is 2.55. The molecule has 0 unspecified atom stereocenters. The molecular formula is C15H21N3O3. The molecule has 0 aliphatic carbocycles. The minimum atomic E-state index is -0.208. The van der Waals surface area contributed by atoms with Crippen LogP contribution in [0, 0.1) is 0 Å². The summed E-state index contributed by atoms with van der Waals surface area (Å²) in [7, 11) is 0. The maximum absolute atomic E-state index is 12.2. The monoisotopic (exact) mass is 291 g/mol. The first-order valence-electron chi connectivity index (χ1n) is 7.24. The number of carbonyl (C=O) groups is 2. The lowest BCUT2D eigenvalue weighted by Gasteiger charge is -2.32. The number of hydrogen-bond acceptors (Lipinski definition) is 4. The molecule has 114 valence electrons. The van der Waals surface area contributed by atoms with Crippen LogP contribution in [0.15, 0.2) is 29.5 Å².